The van der Waals surface area contributed by atoms with Crippen LogP contribution in [0, 0.1) is 18.6 Å². The number of aryl methyl sites for hydroxylation is 1. The summed E-state index contributed by atoms with van der Waals surface area (Å²) in [4.78, 5) is 0. The normalized spacial score (nSPS) is 12.5. The topological polar surface area (TPSA) is 26.0 Å². The molecular weight excluding hydrogens is 291 g/mol. The Kier molecular flexibility index (Phi) is 4.09. The van der Waals surface area contributed by atoms with Crippen LogP contribution in [0.2, 0.25) is 10.0 Å². The van der Waals surface area contributed by atoms with Crippen molar-refractivity contribution in [2.24, 2.45) is 5.73 Å². The van der Waals surface area contributed by atoms with E-state index in [2.05, 4.69) is 0 Å². The Labute approximate surface area is 119 Å². The molecule has 2 aromatic rings. The molecule has 19 heavy (non-hydrogen) atoms. The Balaban J connectivity index is 2.63. The van der Waals surface area contributed by atoms with Crippen molar-refractivity contribution < 1.29 is 8.78 Å². The molecule has 0 bridgehead atoms. The van der Waals surface area contributed by atoms with E-state index in [0.29, 0.717) is 11.1 Å². The van der Waals surface area contributed by atoms with Crippen molar-refractivity contribution in [3.63, 3.8) is 0 Å². The molecule has 0 aromatic heterocycles. The van der Waals surface area contributed by atoms with Gasteiger partial charge in [0.15, 0.2) is 0 Å². The van der Waals surface area contributed by atoms with Crippen molar-refractivity contribution in [3.8, 4) is 0 Å². The first kappa shape index (κ1) is 14.3. The summed E-state index contributed by atoms with van der Waals surface area (Å²) in [5.74, 6) is -1.39. The van der Waals surface area contributed by atoms with Crippen LogP contribution in [0.5, 0.6) is 0 Å². The molecule has 0 saturated heterocycles. The molecule has 2 N–H and O–H groups in total. The van der Waals surface area contributed by atoms with Crippen LogP contribution in [0.25, 0.3) is 0 Å². The van der Waals surface area contributed by atoms with E-state index in [9.17, 15) is 8.78 Å². The fourth-order valence-electron chi connectivity index (χ4n) is 1.92. The predicted octanol–water partition coefficient (Wildman–Crippen LogP) is 4.63. The maximum absolute atomic E-state index is 14.1. The average molecular weight is 302 g/mol. The summed E-state index contributed by atoms with van der Waals surface area (Å²) in [5, 5.41) is 0.556. The Hall–Kier alpha value is -1.16. The van der Waals surface area contributed by atoms with Crippen LogP contribution in [-0.2, 0) is 0 Å². The van der Waals surface area contributed by atoms with Gasteiger partial charge < -0.3 is 5.73 Å². The molecule has 0 saturated carbocycles. The molecular formula is C14H11Cl2F2N. The number of halogens is 4. The highest BCUT2D eigenvalue weighted by atomic mass is 35.5. The van der Waals surface area contributed by atoms with Crippen LogP contribution in [0.4, 0.5) is 8.78 Å². The lowest BCUT2D eigenvalue weighted by Crippen LogP contribution is -2.17. The van der Waals surface area contributed by atoms with E-state index in [1.165, 1.54) is 12.1 Å². The second kappa shape index (κ2) is 5.45. The standard InChI is InChI=1S/C14H11Cl2F2N/c1-7-5-6-10(17)12(13(7)18)14(19)11-8(15)3-2-4-9(11)16/h2-6,14H,19H2,1H3. The van der Waals surface area contributed by atoms with Crippen molar-refractivity contribution in [1.29, 1.82) is 0 Å². The highest BCUT2D eigenvalue weighted by molar-refractivity contribution is 6.36. The zero-order valence-electron chi connectivity index (χ0n) is 10.1. The van der Waals surface area contributed by atoms with Gasteiger partial charge in [-0.1, -0.05) is 35.3 Å². The zero-order valence-corrected chi connectivity index (χ0v) is 11.6. The monoisotopic (exact) mass is 301 g/mol. The van der Waals surface area contributed by atoms with Crippen LogP contribution in [0.3, 0.4) is 0 Å². The van der Waals surface area contributed by atoms with E-state index in [4.69, 9.17) is 28.9 Å². The third kappa shape index (κ3) is 2.59. The summed E-state index contributed by atoms with van der Waals surface area (Å²) in [5.41, 5.74) is 6.34. The van der Waals surface area contributed by atoms with Crippen molar-refractivity contribution in [1.82, 2.24) is 0 Å². The molecule has 0 spiro atoms. The zero-order chi connectivity index (χ0) is 14.2. The summed E-state index contributed by atoms with van der Waals surface area (Å²) in [6.07, 6.45) is 0. The quantitative estimate of drug-likeness (QED) is 0.860. The van der Waals surface area contributed by atoms with Gasteiger partial charge in [0, 0.05) is 21.2 Å². The molecule has 1 atom stereocenters. The third-order valence-electron chi connectivity index (χ3n) is 2.94. The van der Waals surface area contributed by atoms with Crippen LogP contribution < -0.4 is 5.73 Å². The van der Waals surface area contributed by atoms with Gasteiger partial charge in [-0.05, 0) is 30.7 Å². The Bertz CT molecular complexity index is 609. The summed E-state index contributed by atoms with van der Waals surface area (Å²) in [6.45, 7) is 1.54. The van der Waals surface area contributed by atoms with Gasteiger partial charge in [-0.2, -0.15) is 0 Å². The first-order valence-corrected chi connectivity index (χ1v) is 6.33. The van der Waals surface area contributed by atoms with Crippen molar-refractivity contribution in [2.75, 3.05) is 0 Å². The van der Waals surface area contributed by atoms with E-state index >= 15 is 0 Å². The SMILES string of the molecule is Cc1ccc(F)c(C(N)c2c(Cl)cccc2Cl)c1F. The van der Waals surface area contributed by atoms with Gasteiger partial charge in [-0.25, -0.2) is 8.78 Å². The van der Waals surface area contributed by atoms with E-state index in [1.807, 2.05) is 0 Å². The summed E-state index contributed by atoms with van der Waals surface area (Å²) >= 11 is 12.0. The lowest BCUT2D eigenvalue weighted by atomic mass is 9.96. The van der Waals surface area contributed by atoms with Gasteiger partial charge in [-0.3, -0.25) is 0 Å². The number of hydrogen-bond acceptors (Lipinski definition) is 1. The van der Waals surface area contributed by atoms with Crippen LogP contribution >= 0.6 is 23.2 Å². The number of hydrogen-bond donors (Lipinski definition) is 1. The minimum absolute atomic E-state index is 0.227. The van der Waals surface area contributed by atoms with Gasteiger partial charge in [-0.15, -0.1) is 0 Å². The Morgan fingerprint density at radius 2 is 1.58 bits per heavy atom. The Morgan fingerprint density at radius 1 is 1.00 bits per heavy atom. The smallest absolute Gasteiger partial charge is 0.134 e. The molecule has 2 rings (SSSR count). The lowest BCUT2D eigenvalue weighted by molar-refractivity contribution is 0.538. The van der Waals surface area contributed by atoms with Crippen LogP contribution in [0.1, 0.15) is 22.7 Å². The summed E-state index contributed by atoms with van der Waals surface area (Å²) < 4.78 is 27.9. The minimum Gasteiger partial charge on any atom is -0.320 e. The van der Waals surface area contributed by atoms with Gasteiger partial charge in [0.25, 0.3) is 0 Å². The van der Waals surface area contributed by atoms with E-state index in [1.54, 1.807) is 25.1 Å². The number of benzene rings is 2. The largest absolute Gasteiger partial charge is 0.320 e. The molecule has 1 nitrogen and oxygen atoms in total. The predicted molar refractivity (Wildman–Crippen MR) is 73.6 cm³/mol. The highest BCUT2D eigenvalue weighted by Crippen LogP contribution is 2.35. The fourth-order valence-corrected chi connectivity index (χ4v) is 2.55. The molecule has 0 aliphatic rings. The molecule has 0 heterocycles. The Morgan fingerprint density at radius 3 is 2.16 bits per heavy atom. The molecule has 100 valence electrons. The van der Waals surface area contributed by atoms with Crippen molar-refractivity contribution in [3.05, 3.63) is 68.7 Å². The van der Waals surface area contributed by atoms with Gasteiger partial charge in [0.05, 0.1) is 6.04 Å². The van der Waals surface area contributed by atoms with E-state index in [-0.39, 0.29) is 15.6 Å². The van der Waals surface area contributed by atoms with Gasteiger partial charge in [0.2, 0.25) is 0 Å². The minimum atomic E-state index is -1.05. The maximum Gasteiger partial charge on any atom is 0.134 e. The summed E-state index contributed by atoms with van der Waals surface area (Å²) in [7, 11) is 0. The van der Waals surface area contributed by atoms with Crippen LogP contribution in [0.15, 0.2) is 30.3 Å². The summed E-state index contributed by atoms with van der Waals surface area (Å²) in [6, 6.07) is 6.28. The molecule has 0 amide bonds. The second-order valence-electron chi connectivity index (χ2n) is 4.20. The lowest BCUT2D eigenvalue weighted by Gasteiger charge is -2.18. The third-order valence-corrected chi connectivity index (χ3v) is 3.60. The fraction of sp³-hybridized carbons (Fsp3) is 0.143. The average Bonchev–Trinajstić information content (AvgIpc) is 2.34. The maximum atomic E-state index is 14.1. The van der Waals surface area contributed by atoms with E-state index < -0.39 is 17.7 Å². The van der Waals surface area contributed by atoms with Gasteiger partial charge in [0.1, 0.15) is 11.6 Å². The first-order chi connectivity index (χ1) is 8.93. The number of rotatable bonds is 2. The van der Waals surface area contributed by atoms with Crippen molar-refractivity contribution >= 4 is 23.2 Å². The van der Waals surface area contributed by atoms with Crippen LogP contribution in [-0.4, -0.2) is 0 Å². The molecule has 0 radical (unpaired) electrons. The van der Waals surface area contributed by atoms with E-state index in [0.717, 1.165) is 0 Å². The molecule has 0 fully saturated rings. The van der Waals surface area contributed by atoms with Crippen molar-refractivity contribution in [2.45, 2.75) is 13.0 Å². The highest BCUT2D eigenvalue weighted by Gasteiger charge is 2.23. The van der Waals surface area contributed by atoms with Gasteiger partial charge >= 0.3 is 0 Å². The molecule has 1 unspecified atom stereocenters. The molecule has 0 aliphatic carbocycles. The molecule has 0 aliphatic heterocycles. The number of nitrogens with two attached hydrogens (primary N) is 1. The second-order valence-corrected chi connectivity index (χ2v) is 5.02. The molecule has 5 heteroatoms. The molecule has 2 aromatic carbocycles. The first-order valence-electron chi connectivity index (χ1n) is 5.57.